The number of nitrogens with two attached hydrogens (primary N) is 1. The molecule has 8 heteroatoms. The topological polar surface area (TPSA) is 119 Å². The first-order valence-corrected chi connectivity index (χ1v) is 7.94. The van der Waals surface area contributed by atoms with E-state index in [1.165, 1.54) is 12.1 Å². The number of hydrogen-bond acceptors (Lipinski definition) is 5. The molecule has 1 rings (SSSR count). The minimum absolute atomic E-state index is 0.0666. The Labute approximate surface area is 125 Å². The molecule has 0 aliphatic carbocycles. The van der Waals surface area contributed by atoms with Crippen LogP contribution >= 0.6 is 0 Å². The molecule has 0 atom stereocenters. The van der Waals surface area contributed by atoms with Gasteiger partial charge in [0.25, 0.3) is 10.1 Å². The van der Waals surface area contributed by atoms with Gasteiger partial charge in [-0.05, 0) is 25.5 Å². The third-order valence-corrected chi connectivity index (χ3v) is 3.34. The van der Waals surface area contributed by atoms with Gasteiger partial charge in [-0.15, -0.1) is 0 Å². The fraction of sp³-hybridized carbons (Fsp3) is 0.462. The first-order chi connectivity index (χ1) is 9.81. The molecule has 21 heavy (non-hydrogen) atoms. The van der Waals surface area contributed by atoms with Gasteiger partial charge in [-0.2, -0.15) is 14.3 Å². The van der Waals surface area contributed by atoms with Crippen LogP contribution in [0.4, 0.5) is 4.79 Å². The van der Waals surface area contributed by atoms with Crippen LogP contribution in [-0.4, -0.2) is 25.6 Å². The van der Waals surface area contributed by atoms with Gasteiger partial charge in [0.1, 0.15) is 0 Å². The monoisotopic (exact) mass is 318 g/mol. The normalized spacial score (nSPS) is 10.3. The second kappa shape index (κ2) is 10.1. The van der Waals surface area contributed by atoms with Gasteiger partial charge >= 0.3 is 6.09 Å². The number of hydrogen-bond donors (Lipinski definition) is 3. The highest BCUT2D eigenvalue weighted by Gasteiger charge is 2.06. The standard InChI is InChI=1S/C7H8O3S.C6H14N2O2/c1-6-2-4-7(5-3-6)11(8,9)10;1-2-3-4-5-8-6(9)10-7/h2-5H,1H3,(H,8,9,10);2-5,7H2,1H3,(H,8,9). The van der Waals surface area contributed by atoms with E-state index in [1.54, 1.807) is 12.1 Å². The van der Waals surface area contributed by atoms with Crippen molar-refractivity contribution in [1.82, 2.24) is 5.32 Å². The zero-order chi connectivity index (χ0) is 16.3. The summed E-state index contributed by atoms with van der Waals surface area (Å²) in [7, 11) is -4.02. The van der Waals surface area contributed by atoms with Crippen molar-refractivity contribution in [2.24, 2.45) is 5.90 Å². The summed E-state index contributed by atoms with van der Waals surface area (Å²) in [5.41, 5.74) is 0.956. The van der Waals surface area contributed by atoms with E-state index in [1.807, 2.05) is 6.92 Å². The smallest absolute Gasteiger partial charge is 0.357 e. The van der Waals surface area contributed by atoms with Crippen molar-refractivity contribution in [2.45, 2.75) is 38.0 Å². The molecule has 0 aromatic heterocycles. The van der Waals surface area contributed by atoms with E-state index in [2.05, 4.69) is 23.0 Å². The average Bonchev–Trinajstić information content (AvgIpc) is 2.43. The molecule has 0 spiro atoms. The molecule has 0 unspecified atom stereocenters. The predicted octanol–water partition coefficient (Wildman–Crippen LogP) is 2.02. The van der Waals surface area contributed by atoms with Gasteiger partial charge in [-0.25, -0.2) is 4.79 Å². The van der Waals surface area contributed by atoms with Crippen LogP contribution in [0, 0.1) is 6.92 Å². The third-order valence-electron chi connectivity index (χ3n) is 2.48. The van der Waals surface area contributed by atoms with Crippen LogP contribution in [-0.2, 0) is 15.0 Å². The van der Waals surface area contributed by atoms with E-state index in [9.17, 15) is 13.2 Å². The van der Waals surface area contributed by atoms with Crippen molar-refractivity contribution in [2.75, 3.05) is 6.54 Å². The molecule has 0 radical (unpaired) electrons. The number of nitrogens with one attached hydrogen (secondary N) is 1. The first kappa shape index (κ1) is 19.4. The van der Waals surface area contributed by atoms with E-state index in [0.29, 0.717) is 6.54 Å². The zero-order valence-corrected chi connectivity index (χ0v) is 13.0. The minimum atomic E-state index is -4.02. The lowest BCUT2D eigenvalue weighted by Crippen LogP contribution is -2.27. The van der Waals surface area contributed by atoms with Crippen molar-refractivity contribution in [3.8, 4) is 0 Å². The molecule has 1 aromatic carbocycles. The second-order valence-electron chi connectivity index (χ2n) is 4.33. The summed E-state index contributed by atoms with van der Waals surface area (Å²) in [6.45, 7) is 4.58. The summed E-state index contributed by atoms with van der Waals surface area (Å²) in [5.74, 6) is 4.57. The van der Waals surface area contributed by atoms with Crippen LogP contribution in [0.15, 0.2) is 29.2 Å². The van der Waals surface area contributed by atoms with Crippen LogP contribution in [0.5, 0.6) is 0 Å². The van der Waals surface area contributed by atoms with E-state index in [4.69, 9.17) is 4.55 Å². The van der Waals surface area contributed by atoms with Gasteiger partial charge in [0.05, 0.1) is 4.90 Å². The van der Waals surface area contributed by atoms with Crippen LogP contribution in [0.2, 0.25) is 0 Å². The van der Waals surface area contributed by atoms with Crippen molar-refractivity contribution in [3.05, 3.63) is 29.8 Å². The number of aryl methyl sites for hydroxylation is 1. The molecule has 0 saturated heterocycles. The van der Waals surface area contributed by atoms with Gasteiger partial charge in [0, 0.05) is 6.54 Å². The van der Waals surface area contributed by atoms with Crippen molar-refractivity contribution < 1.29 is 22.6 Å². The fourth-order valence-electron chi connectivity index (χ4n) is 1.32. The van der Waals surface area contributed by atoms with E-state index in [-0.39, 0.29) is 4.90 Å². The highest BCUT2D eigenvalue weighted by molar-refractivity contribution is 7.85. The van der Waals surface area contributed by atoms with Crippen LogP contribution in [0.3, 0.4) is 0 Å². The highest BCUT2D eigenvalue weighted by Crippen LogP contribution is 2.08. The summed E-state index contributed by atoms with van der Waals surface area (Å²) >= 11 is 0. The quantitative estimate of drug-likeness (QED) is 0.434. The Kier molecular flexibility index (Phi) is 9.35. The summed E-state index contributed by atoms with van der Waals surface area (Å²) in [4.78, 5) is 14.1. The highest BCUT2D eigenvalue weighted by atomic mass is 32.2. The number of rotatable bonds is 5. The summed E-state index contributed by atoms with van der Waals surface area (Å²) < 4.78 is 29.6. The predicted molar refractivity (Wildman–Crippen MR) is 79.2 cm³/mol. The molecule has 0 heterocycles. The Hall–Kier alpha value is -1.64. The van der Waals surface area contributed by atoms with Gasteiger partial charge < -0.3 is 10.2 Å². The van der Waals surface area contributed by atoms with Gasteiger partial charge in [-0.1, -0.05) is 37.5 Å². The lowest BCUT2D eigenvalue weighted by molar-refractivity contribution is 0.147. The number of carbonyl (C=O) groups excluding carboxylic acids is 1. The Morgan fingerprint density at radius 2 is 1.86 bits per heavy atom. The third kappa shape index (κ3) is 9.83. The molecular weight excluding hydrogens is 296 g/mol. The minimum Gasteiger partial charge on any atom is -0.357 e. The van der Waals surface area contributed by atoms with Crippen LogP contribution in [0.1, 0.15) is 31.7 Å². The Bertz CT molecular complexity index is 514. The average molecular weight is 318 g/mol. The van der Waals surface area contributed by atoms with E-state index < -0.39 is 16.2 Å². The van der Waals surface area contributed by atoms with Crippen molar-refractivity contribution >= 4 is 16.2 Å². The molecule has 0 saturated carbocycles. The molecule has 0 fully saturated rings. The lowest BCUT2D eigenvalue weighted by Gasteiger charge is -2.00. The first-order valence-electron chi connectivity index (χ1n) is 6.50. The van der Waals surface area contributed by atoms with Gasteiger partial charge in [-0.3, -0.25) is 4.55 Å². The maximum atomic E-state index is 10.5. The summed E-state index contributed by atoms with van der Waals surface area (Å²) in [6.07, 6.45) is 2.67. The summed E-state index contributed by atoms with van der Waals surface area (Å²) in [6, 6.07) is 5.99. The molecule has 1 aromatic rings. The van der Waals surface area contributed by atoms with E-state index >= 15 is 0 Å². The number of unbranched alkanes of at least 4 members (excludes halogenated alkanes) is 2. The number of amides is 1. The molecule has 0 bridgehead atoms. The second-order valence-corrected chi connectivity index (χ2v) is 5.75. The molecule has 1 amide bonds. The van der Waals surface area contributed by atoms with E-state index in [0.717, 1.165) is 24.8 Å². The Balaban J connectivity index is 0.000000384. The van der Waals surface area contributed by atoms with Crippen molar-refractivity contribution in [3.63, 3.8) is 0 Å². The maximum Gasteiger partial charge on any atom is 0.425 e. The van der Waals surface area contributed by atoms with Gasteiger partial charge in [0.2, 0.25) is 0 Å². The molecule has 7 nitrogen and oxygen atoms in total. The van der Waals surface area contributed by atoms with Crippen LogP contribution < -0.4 is 11.2 Å². The Morgan fingerprint density at radius 3 is 2.29 bits per heavy atom. The molecular formula is C13H22N2O5S. The molecule has 0 aliphatic rings. The van der Waals surface area contributed by atoms with Crippen molar-refractivity contribution in [1.29, 1.82) is 0 Å². The number of benzene rings is 1. The largest absolute Gasteiger partial charge is 0.425 e. The van der Waals surface area contributed by atoms with Crippen LogP contribution in [0.25, 0.3) is 0 Å². The molecule has 0 aliphatic heterocycles. The number of carbonyl (C=O) groups is 1. The Morgan fingerprint density at radius 1 is 1.29 bits per heavy atom. The lowest BCUT2D eigenvalue weighted by atomic mass is 10.2. The molecule has 120 valence electrons. The SMILES string of the molecule is CCCCCNC(=O)ON.Cc1ccc(S(=O)(=O)O)cc1. The van der Waals surface area contributed by atoms with Gasteiger partial charge in [0.15, 0.2) is 0 Å². The molecule has 4 N–H and O–H groups in total. The zero-order valence-electron chi connectivity index (χ0n) is 12.2. The fourth-order valence-corrected chi connectivity index (χ4v) is 1.80. The maximum absolute atomic E-state index is 10.5. The summed E-state index contributed by atoms with van der Waals surface area (Å²) in [5, 5.41) is 2.48.